The third-order valence-electron chi connectivity index (χ3n) is 2.75. The molecule has 1 heterocycles. The Morgan fingerprint density at radius 2 is 1.72 bits per heavy atom. The molecule has 0 aliphatic heterocycles. The van der Waals surface area contributed by atoms with E-state index in [1.54, 1.807) is 13.2 Å². The first-order chi connectivity index (χ1) is 8.61. The smallest absolute Gasteiger partial charge is 0.149 e. The van der Waals surface area contributed by atoms with Crippen molar-refractivity contribution in [2.24, 2.45) is 0 Å². The third kappa shape index (κ3) is 2.29. The van der Waals surface area contributed by atoms with Gasteiger partial charge in [0.25, 0.3) is 0 Å². The second kappa shape index (κ2) is 4.83. The first-order valence-electron chi connectivity index (χ1n) is 5.51. The van der Waals surface area contributed by atoms with Gasteiger partial charge in [-0.3, -0.25) is 0 Å². The molecule has 0 radical (unpaired) electrons. The molecule has 0 saturated heterocycles. The summed E-state index contributed by atoms with van der Waals surface area (Å²) in [5, 5.41) is 0. The molecule has 0 saturated carbocycles. The molecule has 1 aromatic carbocycles. The lowest BCUT2D eigenvalue weighted by molar-refractivity contribution is 0.415. The van der Waals surface area contributed by atoms with Crippen molar-refractivity contribution in [1.82, 2.24) is 4.98 Å². The van der Waals surface area contributed by atoms with E-state index in [4.69, 9.17) is 16.2 Å². The van der Waals surface area contributed by atoms with E-state index >= 15 is 0 Å². The Kier molecular flexibility index (Phi) is 3.23. The Morgan fingerprint density at radius 3 is 2.28 bits per heavy atom. The van der Waals surface area contributed by atoms with Gasteiger partial charge in [0.05, 0.1) is 12.8 Å². The van der Waals surface area contributed by atoms with Crippen LogP contribution in [0.5, 0.6) is 5.75 Å². The van der Waals surface area contributed by atoms with E-state index < -0.39 is 0 Å². The highest BCUT2D eigenvalue weighted by Crippen LogP contribution is 2.26. The number of rotatable bonds is 3. The van der Waals surface area contributed by atoms with Gasteiger partial charge in [0, 0.05) is 12.7 Å². The largest absolute Gasteiger partial charge is 0.497 e. The first kappa shape index (κ1) is 12.0. The molecule has 0 fully saturated rings. The molecule has 2 rings (SSSR count). The average molecular weight is 244 g/mol. The van der Waals surface area contributed by atoms with Crippen LogP contribution in [0.3, 0.4) is 0 Å². The first-order valence-corrected chi connectivity index (χ1v) is 5.51. The SMILES string of the molecule is COc1ccc(N(C)c2ccc(N)c(N)n2)cc1. The molecule has 4 N–H and O–H groups in total. The maximum atomic E-state index is 5.70. The zero-order chi connectivity index (χ0) is 13.1. The van der Waals surface area contributed by atoms with Crippen LogP contribution in [0.4, 0.5) is 23.0 Å². The van der Waals surface area contributed by atoms with Crippen molar-refractivity contribution in [2.45, 2.75) is 0 Å². The molecule has 0 bridgehead atoms. The van der Waals surface area contributed by atoms with E-state index in [9.17, 15) is 0 Å². The minimum atomic E-state index is 0.341. The molecule has 94 valence electrons. The topological polar surface area (TPSA) is 77.4 Å². The zero-order valence-corrected chi connectivity index (χ0v) is 10.4. The van der Waals surface area contributed by atoms with E-state index in [0.717, 1.165) is 17.3 Å². The molecule has 2 aromatic rings. The summed E-state index contributed by atoms with van der Waals surface area (Å²) < 4.78 is 5.12. The van der Waals surface area contributed by atoms with Crippen molar-refractivity contribution < 1.29 is 4.74 Å². The van der Waals surface area contributed by atoms with Crippen LogP contribution in [0.15, 0.2) is 36.4 Å². The number of methoxy groups -OCH3 is 1. The number of aromatic nitrogens is 1. The molecule has 0 aliphatic rings. The summed E-state index contributed by atoms with van der Waals surface area (Å²) in [7, 11) is 3.56. The minimum absolute atomic E-state index is 0.341. The fraction of sp³-hybridized carbons (Fsp3) is 0.154. The predicted octanol–water partition coefficient (Wildman–Crippen LogP) is 2.02. The lowest BCUT2D eigenvalue weighted by atomic mass is 10.2. The highest BCUT2D eigenvalue weighted by molar-refractivity contribution is 5.66. The van der Waals surface area contributed by atoms with Crippen LogP contribution < -0.4 is 21.1 Å². The van der Waals surface area contributed by atoms with Gasteiger partial charge in [0.2, 0.25) is 0 Å². The quantitative estimate of drug-likeness (QED) is 0.863. The van der Waals surface area contributed by atoms with Crippen LogP contribution in [-0.2, 0) is 0 Å². The fourth-order valence-electron chi connectivity index (χ4n) is 1.60. The summed E-state index contributed by atoms with van der Waals surface area (Å²) in [5.74, 6) is 1.90. The van der Waals surface area contributed by atoms with Gasteiger partial charge in [-0.2, -0.15) is 0 Å². The molecule has 5 nitrogen and oxygen atoms in total. The number of nitrogens with zero attached hydrogens (tertiary/aromatic N) is 2. The maximum Gasteiger partial charge on any atom is 0.149 e. The van der Waals surface area contributed by atoms with Gasteiger partial charge in [-0.15, -0.1) is 0 Å². The van der Waals surface area contributed by atoms with Crippen LogP contribution in [-0.4, -0.2) is 19.1 Å². The molecule has 1 aromatic heterocycles. The molecule has 5 heteroatoms. The van der Waals surface area contributed by atoms with Crippen molar-refractivity contribution in [3.8, 4) is 5.75 Å². The van der Waals surface area contributed by atoms with Gasteiger partial charge in [-0.1, -0.05) is 0 Å². The Labute approximate surface area is 106 Å². The van der Waals surface area contributed by atoms with Crippen molar-refractivity contribution in [1.29, 1.82) is 0 Å². The molecular weight excluding hydrogens is 228 g/mol. The number of ether oxygens (including phenoxy) is 1. The van der Waals surface area contributed by atoms with Crippen LogP contribution in [0.1, 0.15) is 0 Å². The average Bonchev–Trinajstić information content (AvgIpc) is 2.41. The van der Waals surface area contributed by atoms with Gasteiger partial charge >= 0.3 is 0 Å². The van der Waals surface area contributed by atoms with Crippen LogP contribution in [0.25, 0.3) is 0 Å². The number of nitrogen functional groups attached to an aromatic ring is 2. The number of hydrogen-bond acceptors (Lipinski definition) is 5. The number of hydrogen-bond donors (Lipinski definition) is 2. The summed E-state index contributed by atoms with van der Waals surface area (Å²) in [6.07, 6.45) is 0. The molecule has 0 aliphatic carbocycles. The van der Waals surface area contributed by atoms with E-state index in [1.165, 1.54) is 0 Å². The second-order valence-electron chi connectivity index (χ2n) is 3.90. The van der Waals surface area contributed by atoms with Gasteiger partial charge in [0.1, 0.15) is 17.4 Å². The highest BCUT2D eigenvalue weighted by atomic mass is 16.5. The summed E-state index contributed by atoms with van der Waals surface area (Å²) in [6.45, 7) is 0. The Bertz CT molecular complexity index is 539. The molecule has 0 spiro atoms. The van der Waals surface area contributed by atoms with Crippen LogP contribution in [0, 0.1) is 0 Å². The number of pyridine rings is 1. The summed E-state index contributed by atoms with van der Waals surface area (Å²) in [6, 6.07) is 11.3. The monoisotopic (exact) mass is 244 g/mol. The lowest BCUT2D eigenvalue weighted by Crippen LogP contribution is -2.12. The minimum Gasteiger partial charge on any atom is -0.497 e. The van der Waals surface area contributed by atoms with Gasteiger partial charge in [-0.05, 0) is 36.4 Å². The zero-order valence-electron chi connectivity index (χ0n) is 10.4. The van der Waals surface area contributed by atoms with E-state index in [-0.39, 0.29) is 0 Å². The highest BCUT2D eigenvalue weighted by Gasteiger charge is 2.07. The number of anilines is 4. The number of nitrogens with two attached hydrogens (primary N) is 2. The van der Waals surface area contributed by atoms with Crippen molar-refractivity contribution in [2.75, 3.05) is 30.5 Å². The van der Waals surface area contributed by atoms with Crippen LogP contribution >= 0.6 is 0 Å². The maximum absolute atomic E-state index is 5.70. The molecule has 18 heavy (non-hydrogen) atoms. The summed E-state index contributed by atoms with van der Waals surface area (Å²) >= 11 is 0. The normalized spacial score (nSPS) is 10.1. The number of benzene rings is 1. The van der Waals surface area contributed by atoms with E-state index in [1.807, 2.05) is 42.3 Å². The van der Waals surface area contributed by atoms with E-state index in [0.29, 0.717) is 11.5 Å². The molecule has 0 atom stereocenters. The van der Waals surface area contributed by atoms with Gasteiger partial charge < -0.3 is 21.1 Å². The lowest BCUT2D eigenvalue weighted by Gasteiger charge is -2.19. The fourth-order valence-corrected chi connectivity index (χ4v) is 1.60. The van der Waals surface area contributed by atoms with Gasteiger partial charge in [-0.25, -0.2) is 4.98 Å². The standard InChI is InChI=1S/C13H16N4O/c1-17(9-3-5-10(18-2)6-4-9)12-8-7-11(14)13(15)16-12/h3-8H,14H2,1-2H3,(H2,15,16). The Hall–Kier alpha value is -2.43. The van der Waals surface area contributed by atoms with Crippen molar-refractivity contribution >= 4 is 23.0 Å². The van der Waals surface area contributed by atoms with Crippen LogP contribution in [0.2, 0.25) is 0 Å². The molecule has 0 amide bonds. The Morgan fingerprint density at radius 1 is 1.06 bits per heavy atom. The Balaban J connectivity index is 2.28. The summed E-state index contributed by atoms with van der Waals surface area (Å²) in [4.78, 5) is 6.16. The van der Waals surface area contributed by atoms with Crippen molar-refractivity contribution in [3.05, 3.63) is 36.4 Å². The van der Waals surface area contributed by atoms with Crippen molar-refractivity contribution in [3.63, 3.8) is 0 Å². The second-order valence-corrected chi connectivity index (χ2v) is 3.90. The molecule has 0 unspecified atom stereocenters. The summed E-state index contributed by atoms with van der Waals surface area (Å²) in [5.41, 5.74) is 12.8. The van der Waals surface area contributed by atoms with E-state index in [2.05, 4.69) is 4.98 Å². The van der Waals surface area contributed by atoms with Gasteiger partial charge in [0.15, 0.2) is 0 Å². The third-order valence-corrected chi connectivity index (χ3v) is 2.75. The predicted molar refractivity (Wildman–Crippen MR) is 74.1 cm³/mol. The molecular formula is C13H16N4O.